The fourth-order valence-corrected chi connectivity index (χ4v) is 3.23. The Hall–Kier alpha value is -1.86. The minimum absolute atomic E-state index is 0.0250. The van der Waals surface area contributed by atoms with Crippen LogP contribution in [-0.4, -0.2) is 78.2 Å². The molecule has 1 aromatic rings. The zero-order valence-electron chi connectivity index (χ0n) is 14.3. The minimum atomic E-state index is -0.0375. The van der Waals surface area contributed by atoms with E-state index in [1.165, 1.54) is 0 Å². The third-order valence-corrected chi connectivity index (χ3v) is 4.51. The molecule has 7 nitrogen and oxygen atoms in total. The monoisotopic (exact) mass is 335 g/mol. The van der Waals surface area contributed by atoms with Crippen LogP contribution in [0.15, 0.2) is 12.3 Å². The van der Waals surface area contributed by atoms with Crippen LogP contribution in [0.2, 0.25) is 0 Å². The van der Waals surface area contributed by atoms with E-state index >= 15 is 0 Å². The molecule has 132 valence electrons. The van der Waals surface area contributed by atoms with Gasteiger partial charge in [0.1, 0.15) is 0 Å². The first kappa shape index (κ1) is 17.0. The topological polar surface area (TPSA) is 74.9 Å². The number of carbonyl (C=O) groups excluding carboxylic acids is 2. The van der Waals surface area contributed by atoms with Crippen molar-refractivity contribution in [1.29, 1.82) is 0 Å². The van der Waals surface area contributed by atoms with Crippen molar-refractivity contribution in [1.82, 2.24) is 14.8 Å². The van der Waals surface area contributed by atoms with Gasteiger partial charge in [0.05, 0.1) is 37.4 Å². The molecule has 2 atom stereocenters. The SMILES string of the molecule is C[C@H]1CN(C(=O)Cc2[nH]ccc2C(=O)N2CCO[C@@H](C)C2)CCO1. The lowest BCUT2D eigenvalue weighted by molar-refractivity contribution is -0.137. The van der Waals surface area contributed by atoms with Crippen molar-refractivity contribution in [3.63, 3.8) is 0 Å². The van der Waals surface area contributed by atoms with Gasteiger partial charge in [0.2, 0.25) is 5.91 Å². The number of carbonyl (C=O) groups is 2. The van der Waals surface area contributed by atoms with Crippen molar-refractivity contribution in [3.8, 4) is 0 Å². The van der Waals surface area contributed by atoms with E-state index in [0.717, 1.165) is 0 Å². The first-order valence-corrected chi connectivity index (χ1v) is 8.51. The lowest BCUT2D eigenvalue weighted by Gasteiger charge is -2.32. The second kappa shape index (κ2) is 7.36. The van der Waals surface area contributed by atoms with Crippen LogP contribution in [0.4, 0.5) is 0 Å². The van der Waals surface area contributed by atoms with Crippen LogP contribution in [-0.2, 0) is 20.7 Å². The second-order valence-electron chi connectivity index (χ2n) is 6.50. The van der Waals surface area contributed by atoms with Crippen LogP contribution in [0.25, 0.3) is 0 Å². The number of nitrogens with zero attached hydrogens (tertiary/aromatic N) is 2. The van der Waals surface area contributed by atoms with E-state index in [4.69, 9.17) is 9.47 Å². The Bertz CT molecular complexity index is 600. The number of aromatic nitrogens is 1. The molecule has 2 saturated heterocycles. The van der Waals surface area contributed by atoms with Gasteiger partial charge in [-0.05, 0) is 19.9 Å². The maximum atomic E-state index is 12.7. The number of morpholine rings is 2. The molecule has 3 rings (SSSR count). The molecule has 0 bridgehead atoms. The summed E-state index contributed by atoms with van der Waals surface area (Å²) in [4.78, 5) is 31.9. The number of amides is 2. The van der Waals surface area contributed by atoms with E-state index in [0.29, 0.717) is 50.7 Å². The average Bonchev–Trinajstić information content (AvgIpc) is 3.02. The molecule has 1 aromatic heterocycles. The molecule has 0 aliphatic carbocycles. The van der Waals surface area contributed by atoms with E-state index in [1.807, 2.05) is 13.8 Å². The molecule has 7 heteroatoms. The maximum absolute atomic E-state index is 12.7. The quantitative estimate of drug-likeness (QED) is 0.881. The number of H-pyrrole nitrogens is 1. The molecular weight excluding hydrogens is 310 g/mol. The summed E-state index contributed by atoms with van der Waals surface area (Å²) in [5.41, 5.74) is 1.27. The van der Waals surface area contributed by atoms with Gasteiger partial charge in [0.25, 0.3) is 5.91 Å². The molecule has 2 fully saturated rings. The Morgan fingerprint density at radius 1 is 1.12 bits per heavy atom. The zero-order chi connectivity index (χ0) is 17.1. The van der Waals surface area contributed by atoms with E-state index in [2.05, 4.69) is 4.98 Å². The Labute approximate surface area is 141 Å². The molecule has 0 radical (unpaired) electrons. The average molecular weight is 335 g/mol. The molecule has 0 saturated carbocycles. The molecule has 1 N–H and O–H groups in total. The standard InChI is InChI=1S/C17H25N3O4/c1-12-10-19(5-7-23-12)16(21)9-15-14(3-4-18-15)17(22)20-6-8-24-13(2)11-20/h3-4,12-13,18H,5-11H2,1-2H3/t12-,13-/m0/s1. The van der Waals surface area contributed by atoms with Crippen molar-refractivity contribution < 1.29 is 19.1 Å². The predicted octanol–water partition coefficient (Wildman–Crippen LogP) is 0.665. The molecule has 2 aliphatic rings. The van der Waals surface area contributed by atoms with Gasteiger partial charge in [-0.3, -0.25) is 9.59 Å². The summed E-state index contributed by atoms with van der Waals surface area (Å²) in [6.45, 7) is 7.41. The van der Waals surface area contributed by atoms with Crippen molar-refractivity contribution in [2.45, 2.75) is 32.5 Å². The fraction of sp³-hybridized carbons (Fsp3) is 0.647. The third-order valence-electron chi connectivity index (χ3n) is 4.51. The summed E-state index contributed by atoms with van der Waals surface area (Å²) in [7, 11) is 0. The van der Waals surface area contributed by atoms with Crippen LogP contribution in [0.1, 0.15) is 29.9 Å². The molecule has 0 spiro atoms. The molecular formula is C17H25N3O4. The number of hydrogen-bond acceptors (Lipinski definition) is 4. The van der Waals surface area contributed by atoms with E-state index in [-0.39, 0.29) is 30.4 Å². The predicted molar refractivity (Wildman–Crippen MR) is 87.8 cm³/mol. The molecule has 0 aromatic carbocycles. The number of ether oxygens (including phenoxy) is 2. The molecule has 2 aliphatic heterocycles. The fourth-order valence-electron chi connectivity index (χ4n) is 3.23. The van der Waals surface area contributed by atoms with Gasteiger partial charge in [-0.2, -0.15) is 0 Å². The highest BCUT2D eigenvalue weighted by Crippen LogP contribution is 2.16. The van der Waals surface area contributed by atoms with Crippen molar-refractivity contribution in [3.05, 3.63) is 23.5 Å². The summed E-state index contributed by atoms with van der Waals surface area (Å²) in [5.74, 6) is -0.0125. The Morgan fingerprint density at radius 2 is 1.75 bits per heavy atom. The minimum Gasteiger partial charge on any atom is -0.375 e. The van der Waals surface area contributed by atoms with Crippen LogP contribution in [0.5, 0.6) is 0 Å². The van der Waals surface area contributed by atoms with Gasteiger partial charge >= 0.3 is 0 Å². The van der Waals surface area contributed by atoms with Gasteiger partial charge in [0, 0.05) is 38.1 Å². The van der Waals surface area contributed by atoms with Crippen molar-refractivity contribution >= 4 is 11.8 Å². The molecule has 0 unspecified atom stereocenters. The van der Waals surface area contributed by atoms with Crippen LogP contribution >= 0.6 is 0 Å². The summed E-state index contributed by atoms with van der Waals surface area (Å²) in [5, 5.41) is 0. The number of nitrogens with one attached hydrogen (secondary N) is 1. The largest absolute Gasteiger partial charge is 0.375 e. The van der Waals surface area contributed by atoms with Gasteiger partial charge in [-0.25, -0.2) is 0 Å². The number of rotatable bonds is 3. The second-order valence-corrected chi connectivity index (χ2v) is 6.50. The van der Waals surface area contributed by atoms with Gasteiger partial charge in [0.15, 0.2) is 0 Å². The van der Waals surface area contributed by atoms with E-state index in [1.54, 1.807) is 22.1 Å². The number of hydrogen-bond donors (Lipinski definition) is 1. The van der Waals surface area contributed by atoms with Gasteiger partial charge in [-0.15, -0.1) is 0 Å². The maximum Gasteiger partial charge on any atom is 0.255 e. The summed E-state index contributed by atoms with van der Waals surface area (Å²) in [6.07, 6.45) is 2.03. The smallest absolute Gasteiger partial charge is 0.255 e. The number of aromatic amines is 1. The highest BCUT2D eigenvalue weighted by molar-refractivity contribution is 5.96. The van der Waals surface area contributed by atoms with Gasteiger partial charge < -0.3 is 24.3 Å². The van der Waals surface area contributed by atoms with Crippen molar-refractivity contribution in [2.24, 2.45) is 0 Å². The van der Waals surface area contributed by atoms with E-state index < -0.39 is 0 Å². The van der Waals surface area contributed by atoms with Crippen LogP contribution < -0.4 is 0 Å². The Balaban J connectivity index is 1.66. The van der Waals surface area contributed by atoms with E-state index in [9.17, 15) is 9.59 Å². The molecule has 3 heterocycles. The molecule has 2 amide bonds. The van der Waals surface area contributed by atoms with Crippen molar-refractivity contribution in [2.75, 3.05) is 39.4 Å². The Morgan fingerprint density at radius 3 is 2.42 bits per heavy atom. The molecule has 24 heavy (non-hydrogen) atoms. The third kappa shape index (κ3) is 3.79. The van der Waals surface area contributed by atoms with Crippen LogP contribution in [0, 0.1) is 0 Å². The first-order chi connectivity index (χ1) is 11.5. The Kier molecular flexibility index (Phi) is 5.20. The lowest BCUT2D eigenvalue weighted by atomic mass is 10.1. The summed E-state index contributed by atoms with van der Waals surface area (Å²) >= 11 is 0. The lowest BCUT2D eigenvalue weighted by Crippen LogP contribution is -2.46. The highest BCUT2D eigenvalue weighted by atomic mass is 16.5. The van der Waals surface area contributed by atoms with Crippen LogP contribution in [0.3, 0.4) is 0 Å². The summed E-state index contributed by atoms with van der Waals surface area (Å²) < 4.78 is 11.0. The van der Waals surface area contributed by atoms with Gasteiger partial charge in [-0.1, -0.05) is 0 Å². The first-order valence-electron chi connectivity index (χ1n) is 8.51. The zero-order valence-corrected chi connectivity index (χ0v) is 14.3. The summed E-state index contributed by atoms with van der Waals surface area (Å²) in [6, 6.07) is 1.76. The normalized spacial score (nSPS) is 24.9. The highest BCUT2D eigenvalue weighted by Gasteiger charge is 2.27.